The summed E-state index contributed by atoms with van der Waals surface area (Å²) in [5.74, 6) is -2.20. The van der Waals surface area contributed by atoms with Gasteiger partial charge >= 0.3 is 0 Å². The van der Waals surface area contributed by atoms with Crippen LogP contribution in [0.15, 0.2) is 23.1 Å². The van der Waals surface area contributed by atoms with E-state index in [2.05, 4.69) is 39.1 Å². The van der Waals surface area contributed by atoms with E-state index in [4.69, 9.17) is 4.74 Å². The molecule has 1 N–H and O–H groups in total. The predicted molar refractivity (Wildman–Crippen MR) is 132 cm³/mol. The fourth-order valence-electron chi connectivity index (χ4n) is 4.81. The minimum absolute atomic E-state index is 0.0171. The normalized spacial score (nSPS) is 19.8. The maximum absolute atomic E-state index is 16.0. The number of thioether (sulfide) groups is 1. The largest absolute Gasteiger partial charge is 0.490 e. The highest BCUT2D eigenvalue weighted by atomic mass is 32.2. The van der Waals surface area contributed by atoms with Crippen molar-refractivity contribution >= 4 is 29.0 Å². The number of ether oxygens (including phenoxy) is 1. The number of carbonyl (C=O) groups is 2. The van der Waals surface area contributed by atoms with Crippen molar-refractivity contribution in [2.45, 2.75) is 65.2 Å². The molecule has 0 spiro atoms. The summed E-state index contributed by atoms with van der Waals surface area (Å²) in [5, 5.41) is 1.59. The van der Waals surface area contributed by atoms with Crippen molar-refractivity contribution in [3.8, 4) is 16.9 Å². The molecule has 0 bridgehead atoms. The number of carbonyl (C=O) groups excluding carboxylic acids is 2. The lowest BCUT2D eigenvalue weighted by Gasteiger charge is -2.42. The molecule has 2 aromatic rings. The van der Waals surface area contributed by atoms with Crippen LogP contribution in [-0.2, 0) is 15.6 Å². The molecule has 4 nitrogen and oxygen atoms in total. The van der Waals surface area contributed by atoms with E-state index >= 15 is 8.78 Å². The number of amides is 2. The molecule has 1 heterocycles. The lowest BCUT2D eigenvalue weighted by molar-refractivity contribution is -0.115. The number of aryl methyl sites for hydroxylation is 1. The van der Waals surface area contributed by atoms with Crippen LogP contribution in [0.5, 0.6) is 5.75 Å². The standard InChI is InChI=1S/C27H29F2NO3S/c1-7-33-23-19(28)11-15(12-20-24(31)30-25(32)34-20)22(29)21(23)16-13-18-17(10-14(16)2)26(3,4)8-9-27(18,5)6/h10-13H,7-9H2,1-6H3,(H,30,31,32)/b20-12+. The lowest BCUT2D eigenvalue weighted by atomic mass is 9.62. The Hall–Kier alpha value is -2.67. The summed E-state index contributed by atoms with van der Waals surface area (Å²) in [6, 6.07) is 5.07. The molecule has 1 aliphatic carbocycles. The van der Waals surface area contributed by atoms with Crippen LogP contribution in [0.4, 0.5) is 13.6 Å². The fourth-order valence-corrected chi connectivity index (χ4v) is 5.49. The molecule has 1 fully saturated rings. The minimum Gasteiger partial charge on any atom is -0.490 e. The van der Waals surface area contributed by atoms with Gasteiger partial charge in [0.25, 0.3) is 11.1 Å². The quantitative estimate of drug-likeness (QED) is 0.473. The van der Waals surface area contributed by atoms with E-state index in [0.29, 0.717) is 17.3 Å². The van der Waals surface area contributed by atoms with Gasteiger partial charge in [0.05, 0.1) is 17.1 Å². The zero-order valence-corrected chi connectivity index (χ0v) is 21.1. The maximum Gasteiger partial charge on any atom is 0.290 e. The van der Waals surface area contributed by atoms with Gasteiger partial charge in [-0.3, -0.25) is 14.9 Å². The van der Waals surface area contributed by atoms with Gasteiger partial charge in [0.2, 0.25) is 0 Å². The van der Waals surface area contributed by atoms with Crippen molar-refractivity contribution in [1.29, 1.82) is 0 Å². The lowest BCUT2D eigenvalue weighted by Crippen LogP contribution is -2.34. The van der Waals surface area contributed by atoms with E-state index < -0.39 is 22.8 Å². The molecule has 1 aliphatic heterocycles. The number of fused-ring (bicyclic) bond motifs is 1. The third kappa shape index (κ3) is 4.15. The summed E-state index contributed by atoms with van der Waals surface area (Å²) >= 11 is 0.662. The van der Waals surface area contributed by atoms with Crippen molar-refractivity contribution in [2.75, 3.05) is 6.61 Å². The summed E-state index contributed by atoms with van der Waals surface area (Å²) in [5.41, 5.74) is 3.49. The van der Waals surface area contributed by atoms with E-state index in [-0.39, 0.29) is 39.2 Å². The molecule has 0 atom stereocenters. The predicted octanol–water partition coefficient (Wildman–Crippen LogP) is 7.01. The molecule has 0 radical (unpaired) electrons. The fraction of sp³-hybridized carbons (Fsp3) is 0.407. The average molecular weight is 486 g/mol. The van der Waals surface area contributed by atoms with Crippen LogP contribution in [-0.4, -0.2) is 17.8 Å². The first-order chi connectivity index (χ1) is 15.9. The van der Waals surface area contributed by atoms with Gasteiger partial charge in [-0.15, -0.1) is 0 Å². The molecule has 1 saturated heterocycles. The molecule has 7 heteroatoms. The van der Waals surface area contributed by atoms with Gasteiger partial charge in [0, 0.05) is 5.56 Å². The first-order valence-electron chi connectivity index (χ1n) is 11.4. The van der Waals surface area contributed by atoms with Gasteiger partial charge < -0.3 is 4.74 Å². The zero-order valence-electron chi connectivity index (χ0n) is 20.3. The number of nitrogens with one attached hydrogen (secondary N) is 1. The molecular weight excluding hydrogens is 456 g/mol. The molecule has 4 rings (SSSR count). The summed E-state index contributed by atoms with van der Waals surface area (Å²) in [7, 11) is 0. The average Bonchev–Trinajstić information content (AvgIpc) is 3.06. The molecule has 34 heavy (non-hydrogen) atoms. The Morgan fingerprint density at radius 1 is 1.06 bits per heavy atom. The van der Waals surface area contributed by atoms with E-state index in [0.717, 1.165) is 30.0 Å². The van der Waals surface area contributed by atoms with Crippen LogP contribution in [0, 0.1) is 18.6 Å². The van der Waals surface area contributed by atoms with E-state index in [1.54, 1.807) is 6.92 Å². The van der Waals surface area contributed by atoms with Gasteiger partial charge in [-0.1, -0.05) is 33.8 Å². The molecule has 2 aromatic carbocycles. The van der Waals surface area contributed by atoms with Gasteiger partial charge in [-0.05, 0) is 89.7 Å². The highest BCUT2D eigenvalue weighted by Gasteiger charge is 2.38. The third-order valence-electron chi connectivity index (χ3n) is 6.88. The van der Waals surface area contributed by atoms with Crippen molar-refractivity contribution in [3.05, 3.63) is 57.0 Å². The molecule has 2 amide bonds. The van der Waals surface area contributed by atoms with Crippen molar-refractivity contribution in [3.63, 3.8) is 0 Å². The Balaban J connectivity index is 1.99. The molecule has 0 saturated carbocycles. The van der Waals surface area contributed by atoms with Gasteiger partial charge in [-0.2, -0.15) is 0 Å². The van der Waals surface area contributed by atoms with E-state index in [1.807, 2.05) is 13.0 Å². The van der Waals surface area contributed by atoms with Crippen molar-refractivity contribution < 1.29 is 23.1 Å². The third-order valence-corrected chi connectivity index (χ3v) is 7.69. The second-order valence-corrected chi connectivity index (χ2v) is 11.2. The summed E-state index contributed by atoms with van der Waals surface area (Å²) in [6.45, 7) is 12.6. The molecule has 2 aliphatic rings. The Morgan fingerprint density at radius 3 is 2.24 bits per heavy atom. The number of rotatable bonds is 4. The smallest absolute Gasteiger partial charge is 0.290 e. The van der Waals surface area contributed by atoms with Crippen LogP contribution >= 0.6 is 11.8 Å². The molecule has 180 valence electrons. The monoisotopic (exact) mass is 485 g/mol. The van der Waals surface area contributed by atoms with Gasteiger partial charge in [-0.25, -0.2) is 8.78 Å². The van der Waals surface area contributed by atoms with Crippen LogP contribution in [0.1, 0.15) is 69.7 Å². The highest BCUT2D eigenvalue weighted by Crippen LogP contribution is 2.49. The summed E-state index contributed by atoms with van der Waals surface area (Å²) in [6.07, 6.45) is 3.24. The van der Waals surface area contributed by atoms with Crippen LogP contribution in [0.3, 0.4) is 0 Å². The zero-order chi connectivity index (χ0) is 25.0. The molecule has 0 aromatic heterocycles. The van der Waals surface area contributed by atoms with Gasteiger partial charge in [0.1, 0.15) is 5.82 Å². The highest BCUT2D eigenvalue weighted by molar-refractivity contribution is 8.18. The topological polar surface area (TPSA) is 55.4 Å². The maximum atomic E-state index is 16.0. The van der Waals surface area contributed by atoms with E-state index in [9.17, 15) is 9.59 Å². The SMILES string of the molecule is CCOc1c(F)cc(/C=C2/SC(=O)NC2=O)c(F)c1-c1cc2c(cc1C)C(C)(C)CCC2(C)C. The second-order valence-electron chi connectivity index (χ2n) is 10.2. The van der Waals surface area contributed by atoms with Crippen LogP contribution in [0.2, 0.25) is 0 Å². The first-order valence-corrected chi connectivity index (χ1v) is 12.2. The van der Waals surface area contributed by atoms with Crippen LogP contribution < -0.4 is 10.1 Å². The number of imide groups is 1. The van der Waals surface area contributed by atoms with Gasteiger partial charge in [0.15, 0.2) is 11.6 Å². The first kappa shape index (κ1) is 24.5. The number of halogens is 2. The number of benzene rings is 2. The summed E-state index contributed by atoms with van der Waals surface area (Å²) < 4.78 is 36.9. The molecule has 0 unspecified atom stereocenters. The molecular formula is C27H29F2NO3S. The van der Waals surface area contributed by atoms with Crippen LogP contribution in [0.25, 0.3) is 17.2 Å². The van der Waals surface area contributed by atoms with Crippen molar-refractivity contribution in [1.82, 2.24) is 5.32 Å². The Labute approximate surface area is 203 Å². The summed E-state index contributed by atoms with van der Waals surface area (Å²) in [4.78, 5) is 23.5. The minimum atomic E-state index is -0.725. The van der Waals surface area contributed by atoms with E-state index in [1.165, 1.54) is 11.6 Å². The second kappa shape index (κ2) is 8.52. The number of hydrogen-bond acceptors (Lipinski definition) is 4. The Morgan fingerprint density at radius 2 is 1.68 bits per heavy atom. The van der Waals surface area contributed by atoms with Crippen molar-refractivity contribution in [2.24, 2.45) is 0 Å². The Bertz CT molecular complexity index is 1250. The Kier molecular flexibility index (Phi) is 6.13. The number of hydrogen-bond donors (Lipinski definition) is 1.